The summed E-state index contributed by atoms with van der Waals surface area (Å²) >= 11 is 0. The number of nitro benzene ring substituents is 1. The van der Waals surface area contributed by atoms with Gasteiger partial charge in [-0.25, -0.2) is 0 Å². The van der Waals surface area contributed by atoms with Crippen molar-refractivity contribution < 1.29 is 4.92 Å². The van der Waals surface area contributed by atoms with Crippen molar-refractivity contribution in [2.75, 3.05) is 19.6 Å². The zero-order chi connectivity index (χ0) is 14.3. The summed E-state index contributed by atoms with van der Waals surface area (Å²) < 4.78 is 0. The Morgan fingerprint density at radius 3 is 2.32 bits per heavy atom. The van der Waals surface area contributed by atoms with Gasteiger partial charge in [0.2, 0.25) is 0 Å². The van der Waals surface area contributed by atoms with Gasteiger partial charge in [-0.15, -0.1) is 0 Å². The molecule has 0 heterocycles. The summed E-state index contributed by atoms with van der Waals surface area (Å²) in [4.78, 5) is 13.0. The Kier molecular flexibility index (Phi) is 6.50. The Hall–Kier alpha value is -1.42. The number of nitro groups is 1. The van der Waals surface area contributed by atoms with Gasteiger partial charge in [0.05, 0.1) is 4.92 Å². The molecule has 0 N–H and O–H groups in total. The molecule has 0 atom stereocenters. The van der Waals surface area contributed by atoms with E-state index in [0.717, 1.165) is 50.0 Å². The van der Waals surface area contributed by atoms with E-state index < -0.39 is 0 Å². The Morgan fingerprint density at radius 1 is 1.16 bits per heavy atom. The van der Waals surface area contributed by atoms with Crippen molar-refractivity contribution in [1.82, 2.24) is 4.90 Å². The molecule has 1 aromatic carbocycles. The van der Waals surface area contributed by atoms with Crippen LogP contribution in [0.1, 0.15) is 37.8 Å². The molecule has 1 aromatic rings. The molecule has 0 bridgehead atoms. The van der Waals surface area contributed by atoms with E-state index in [0.29, 0.717) is 0 Å². The van der Waals surface area contributed by atoms with Gasteiger partial charge >= 0.3 is 0 Å². The molecule has 0 amide bonds. The van der Waals surface area contributed by atoms with Crippen LogP contribution in [0.5, 0.6) is 0 Å². The SMILES string of the molecule is CCCN(CCC)CCc1cccc([N+](=O)[O-])c1C. The van der Waals surface area contributed by atoms with E-state index in [-0.39, 0.29) is 10.6 Å². The van der Waals surface area contributed by atoms with Crippen molar-refractivity contribution in [3.63, 3.8) is 0 Å². The number of benzene rings is 1. The predicted molar refractivity (Wildman–Crippen MR) is 78.6 cm³/mol. The molecule has 0 unspecified atom stereocenters. The van der Waals surface area contributed by atoms with Gasteiger partial charge in [0.25, 0.3) is 5.69 Å². The molecule has 0 fully saturated rings. The monoisotopic (exact) mass is 264 g/mol. The van der Waals surface area contributed by atoms with Gasteiger partial charge in [-0.05, 0) is 44.8 Å². The molecule has 1 rings (SSSR count). The fourth-order valence-electron chi connectivity index (χ4n) is 2.38. The molecule has 106 valence electrons. The Balaban J connectivity index is 2.71. The highest BCUT2D eigenvalue weighted by molar-refractivity contribution is 5.44. The van der Waals surface area contributed by atoms with Crippen LogP contribution in [0.15, 0.2) is 18.2 Å². The lowest BCUT2D eigenvalue weighted by atomic mass is 10.0. The quantitative estimate of drug-likeness (QED) is 0.532. The van der Waals surface area contributed by atoms with Gasteiger partial charge in [-0.2, -0.15) is 0 Å². The number of nitrogens with zero attached hydrogens (tertiary/aromatic N) is 2. The molecular weight excluding hydrogens is 240 g/mol. The molecule has 19 heavy (non-hydrogen) atoms. The second kappa shape index (κ2) is 7.89. The first kappa shape index (κ1) is 15.6. The fraction of sp³-hybridized carbons (Fsp3) is 0.600. The predicted octanol–water partition coefficient (Wildman–Crippen LogP) is 3.57. The molecular formula is C15H24N2O2. The van der Waals surface area contributed by atoms with Crippen LogP contribution < -0.4 is 0 Å². The Labute approximate surface area is 115 Å². The minimum atomic E-state index is -0.297. The van der Waals surface area contributed by atoms with Crippen molar-refractivity contribution in [2.45, 2.75) is 40.0 Å². The summed E-state index contributed by atoms with van der Waals surface area (Å²) in [6, 6.07) is 5.36. The first-order valence-corrected chi connectivity index (χ1v) is 7.05. The highest BCUT2D eigenvalue weighted by Gasteiger charge is 2.13. The highest BCUT2D eigenvalue weighted by Crippen LogP contribution is 2.21. The van der Waals surface area contributed by atoms with Gasteiger partial charge in [0, 0.05) is 18.2 Å². The van der Waals surface area contributed by atoms with Crippen LogP contribution in [-0.2, 0) is 6.42 Å². The lowest BCUT2D eigenvalue weighted by molar-refractivity contribution is -0.385. The van der Waals surface area contributed by atoms with Crippen LogP contribution in [0.4, 0.5) is 5.69 Å². The van der Waals surface area contributed by atoms with Crippen LogP contribution in [0.25, 0.3) is 0 Å². The van der Waals surface area contributed by atoms with Crippen molar-refractivity contribution in [1.29, 1.82) is 0 Å². The fourth-order valence-corrected chi connectivity index (χ4v) is 2.38. The Morgan fingerprint density at radius 2 is 1.79 bits per heavy atom. The molecule has 0 aliphatic rings. The maximum atomic E-state index is 10.9. The lowest BCUT2D eigenvalue weighted by Crippen LogP contribution is -2.27. The summed E-state index contributed by atoms with van der Waals surface area (Å²) in [5.41, 5.74) is 2.13. The zero-order valence-electron chi connectivity index (χ0n) is 12.2. The third-order valence-electron chi connectivity index (χ3n) is 3.39. The van der Waals surface area contributed by atoms with E-state index in [9.17, 15) is 10.1 Å². The average molecular weight is 264 g/mol. The molecule has 0 aliphatic carbocycles. The van der Waals surface area contributed by atoms with E-state index in [2.05, 4.69) is 18.7 Å². The molecule has 0 saturated heterocycles. The molecule has 4 nitrogen and oxygen atoms in total. The molecule has 0 radical (unpaired) electrons. The summed E-state index contributed by atoms with van der Waals surface area (Å²) in [6.07, 6.45) is 3.18. The Bertz CT molecular complexity index is 413. The van der Waals surface area contributed by atoms with Crippen molar-refractivity contribution in [3.8, 4) is 0 Å². The minimum absolute atomic E-state index is 0.232. The maximum Gasteiger partial charge on any atom is 0.272 e. The molecule has 0 spiro atoms. The van der Waals surface area contributed by atoms with Crippen LogP contribution in [0.3, 0.4) is 0 Å². The average Bonchev–Trinajstić information content (AvgIpc) is 2.37. The summed E-state index contributed by atoms with van der Waals surface area (Å²) in [5.74, 6) is 0. The lowest BCUT2D eigenvalue weighted by Gasteiger charge is -2.21. The molecule has 0 aliphatic heterocycles. The number of rotatable bonds is 8. The summed E-state index contributed by atoms with van der Waals surface area (Å²) in [6.45, 7) is 9.38. The van der Waals surface area contributed by atoms with Gasteiger partial charge in [-0.1, -0.05) is 26.0 Å². The van der Waals surface area contributed by atoms with Gasteiger partial charge in [0.1, 0.15) is 0 Å². The first-order chi connectivity index (χ1) is 9.10. The molecule has 0 aromatic heterocycles. The third-order valence-corrected chi connectivity index (χ3v) is 3.39. The maximum absolute atomic E-state index is 10.9. The van der Waals surface area contributed by atoms with Crippen molar-refractivity contribution in [2.24, 2.45) is 0 Å². The van der Waals surface area contributed by atoms with Crippen LogP contribution in [0, 0.1) is 17.0 Å². The standard InChI is InChI=1S/C15H24N2O2/c1-4-10-16(11-5-2)12-9-14-7-6-8-15(13(14)3)17(18)19/h6-8H,4-5,9-12H2,1-3H3. The minimum Gasteiger partial charge on any atom is -0.303 e. The number of hydrogen-bond donors (Lipinski definition) is 0. The normalized spacial score (nSPS) is 10.9. The largest absolute Gasteiger partial charge is 0.303 e. The highest BCUT2D eigenvalue weighted by atomic mass is 16.6. The van der Waals surface area contributed by atoms with E-state index in [1.165, 1.54) is 0 Å². The second-order valence-electron chi connectivity index (χ2n) is 4.91. The van der Waals surface area contributed by atoms with E-state index in [1.807, 2.05) is 13.0 Å². The van der Waals surface area contributed by atoms with Crippen molar-refractivity contribution >= 4 is 5.69 Å². The second-order valence-corrected chi connectivity index (χ2v) is 4.91. The van der Waals surface area contributed by atoms with Gasteiger partial charge < -0.3 is 4.90 Å². The molecule has 4 heteroatoms. The van der Waals surface area contributed by atoms with Gasteiger partial charge in [0.15, 0.2) is 0 Å². The van der Waals surface area contributed by atoms with Crippen LogP contribution in [0.2, 0.25) is 0 Å². The van der Waals surface area contributed by atoms with Crippen LogP contribution in [-0.4, -0.2) is 29.5 Å². The summed E-state index contributed by atoms with van der Waals surface area (Å²) in [5, 5.41) is 10.9. The topological polar surface area (TPSA) is 46.4 Å². The van der Waals surface area contributed by atoms with E-state index in [4.69, 9.17) is 0 Å². The van der Waals surface area contributed by atoms with Crippen molar-refractivity contribution in [3.05, 3.63) is 39.4 Å². The first-order valence-electron chi connectivity index (χ1n) is 7.05. The third kappa shape index (κ3) is 4.63. The summed E-state index contributed by atoms with van der Waals surface area (Å²) in [7, 11) is 0. The van der Waals surface area contributed by atoms with E-state index >= 15 is 0 Å². The van der Waals surface area contributed by atoms with Gasteiger partial charge in [-0.3, -0.25) is 10.1 Å². The van der Waals surface area contributed by atoms with E-state index in [1.54, 1.807) is 12.1 Å². The smallest absolute Gasteiger partial charge is 0.272 e. The molecule has 0 saturated carbocycles. The van der Waals surface area contributed by atoms with Crippen LogP contribution >= 0.6 is 0 Å². The zero-order valence-corrected chi connectivity index (χ0v) is 12.2. The number of hydrogen-bond acceptors (Lipinski definition) is 3.